The van der Waals surface area contributed by atoms with E-state index in [0.717, 1.165) is 34.4 Å². The second-order valence-electron chi connectivity index (χ2n) is 8.05. The molecular weight excluding hydrogens is 440 g/mol. The average molecular weight is 463 g/mol. The van der Waals surface area contributed by atoms with E-state index in [2.05, 4.69) is 19.1 Å². The zero-order valence-electron chi connectivity index (χ0n) is 18.4. The van der Waals surface area contributed by atoms with Crippen LogP contribution in [0.2, 0.25) is 5.02 Å². The third-order valence-corrected chi connectivity index (χ3v) is 6.08. The Morgan fingerprint density at radius 2 is 1.91 bits per heavy atom. The molecule has 3 aromatic rings. The van der Waals surface area contributed by atoms with Gasteiger partial charge in [0.1, 0.15) is 23.9 Å². The molecule has 3 aromatic carbocycles. The lowest BCUT2D eigenvalue weighted by molar-refractivity contribution is -0.0175. The number of hydrogen-bond acceptors (Lipinski definition) is 5. The molecule has 6 heteroatoms. The third kappa shape index (κ3) is 4.22. The number of carbonyl (C=O) groups is 1. The summed E-state index contributed by atoms with van der Waals surface area (Å²) in [5, 5.41) is 0.600. The van der Waals surface area contributed by atoms with Crippen LogP contribution in [-0.4, -0.2) is 12.6 Å². The number of ketones is 1. The van der Waals surface area contributed by atoms with Crippen molar-refractivity contribution in [1.82, 2.24) is 0 Å². The van der Waals surface area contributed by atoms with Gasteiger partial charge in [-0.2, -0.15) is 0 Å². The first-order valence-electron chi connectivity index (χ1n) is 10.8. The average Bonchev–Trinajstić information content (AvgIpc) is 3.15. The molecule has 2 aliphatic heterocycles. The third-order valence-electron chi connectivity index (χ3n) is 5.86. The van der Waals surface area contributed by atoms with E-state index >= 15 is 0 Å². The predicted molar refractivity (Wildman–Crippen MR) is 126 cm³/mol. The van der Waals surface area contributed by atoms with Gasteiger partial charge in [0.25, 0.3) is 0 Å². The van der Waals surface area contributed by atoms with Gasteiger partial charge in [-0.1, -0.05) is 42.8 Å². The van der Waals surface area contributed by atoms with Gasteiger partial charge >= 0.3 is 0 Å². The van der Waals surface area contributed by atoms with Crippen LogP contribution in [0.3, 0.4) is 0 Å². The molecule has 0 bridgehead atoms. The highest BCUT2D eigenvalue weighted by Gasteiger charge is 2.30. The monoisotopic (exact) mass is 462 g/mol. The summed E-state index contributed by atoms with van der Waals surface area (Å²) in [6.45, 7) is 4.92. The Bertz CT molecular complexity index is 1260. The molecule has 0 N–H and O–H groups in total. The summed E-state index contributed by atoms with van der Waals surface area (Å²) in [6, 6.07) is 15.3. The minimum atomic E-state index is -0.128. The summed E-state index contributed by atoms with van der Waals surface area (Å²) in [7, 11) is 0. The maximum absolute atomic E-state index is 12.9. The SMILES string of the molecule is CCc1ccc(/C=C2\Oc3c(ccc(OCc4cc(Cl)cc5c4OCOC5)c3C)C2=O)cc1. The van der Waals surface area contributed by atoms with Crippen molar-refractivity contribution < 1.29 is 23.7 Å². The quantitative estimate of drug-likeness (QED) is 0.418. The van der Waals surface area contributed by atoms with Gasteiger partial charge in [0.15, 0.2) is 12.6 Å². The van der Waals surface area contributed by atoms with E-state index in [1.807, 2.05) is 31.2 Å². The van der Waals surface area contributed by atoms with Crippen LogP contribution in [0.5, 0.6) is 17.2 Å². The van der Waals surface area contributed by atoms with Crippen molar-refractivity contribution >= 4 is 23.5 Å². The van der Waals surface area contributed by atoms with Crippen LogP contribution in [0.15, 0.2) is 54.3 Å². The summed E-state index contributed by atoms with van der Waals surface area (Å²) in [5.41, 5.74) is 5.22. The molecule has 0 aromatic heterocycles. The lowest BCUT2D eigenvalue weighted by atomic mass is 10.0. The first kappa shape index (κ1) is 21.6. The second kappa shape index (κ2) is 8.93. The predicted octanol–water partition coefficient (Wildman–Crippen LogP) is 6.27. The number of rotatable bonds is 5. The number of aryl methyl sites for hydroxylation is 1. The Kier molecular flexibility index (Phi) is 5.83. The summed E-state index contributed by atoms with van der Waals surface area (Å²) in [5.74, 6) is 2.10. The zero-order chi connectivity index (χ0) is 22.9. The van der Waals surface area contributed by atoms with Gasteiger partial charge in [-0.05, 0) is 54.8 Å². The molecule has 33 heavy (non-hydrogen) atoms. The molecule has 2 heterocycles. The van der Waals surface area contributed by atoms with Crippen LogP contribution in [-0.2, 0) is 24.4 Å². The molecule has 0 spiro atoms. The van der Waals surface area contributed by atoms with Crippen molar-refractivity contribution in [2.45, 2.75) is 33.5 Å². The van der Waals surface area contributed by atoms with Crippen LogP contribution in [0.4, 0.5) is 0 Å². The van der Waals surface area contributed by atoms with Crippen molar-refractivity contribution in [3.05, 3.63) is 92.7 Å². The first-order valence-corrected chi connectivity index (χ1v) is 11.2. The number of carbonyl (C=O) groups excluding carboxylic acids is 1. The Labute approximate surface area is 197 Å². The molecular formula is C27H23ClO5. The zero-order valence-corrected chi connectivity index (χ0v) is 19.2. The van der Waals surface area contributed by atoms with Gasteiger partial charge in [-0.25, -0.2) is 0 Å². The van der Waals surface area contributed by atoms with E-state index in [0.29, 0.717) is 34.5 Å². The van der Waals surface area contributed by atoms with Gasteiger partial charge in [0, 0.05) is 21.7 Å². The van der Waals surface area contributed by atoms with E-state index in [1.54, 1.807) is 18.2 Å². The standard InChI is InChI=1S/C27H23ClO5/c1-3-17-4-6-18(7-5-17)10-24-25(29)22-8-9-23(16(2)26(22)33-24)31-14-20-12-21(28)11-19-13-30-15-32-27(19)20/h4-12H,3,13-15H2,1-2H3/b24-10-. The number of hydrogen-bond donors (Lipinski definition) is 0. The summed E-state index contributed by atoms with van der Waals surface area (Å²) in [4.78, 5) is 12.9. The van der Waals surface area contributed by atoms with Crippen molar-refractivity contribution in [1.29, 1.82) is 0 Å². The highest BCUT2D eigenvalue weighted by atomic mass is 35.5. The maximum atomic E-state index is 12.9. The van der Waals surface area contributed by atoms with Crippen molar-refractivity contribution in [2.24, 2.45) is 0 Å². The maximum Gasteiger partial charge on any atom is 0.231 e. The number of halogens is 1. The lowest BCUT2D eigenvalue weighted by Gasteiger charge is -2.21. The highest BCUT2D eigenvalue weighted by Crippen LogP contribution is 2.40. The number of ether oxygens (including phenoxy) is 4. The fourth-order valence-electron chi connectivity index (χ4n) is 4.04. The minimum Gasteiger partial charge on any atom is -0.488 e. The smallest absolute Gasteiger partial charge is 0.231 e. The largest absolute Gasteiger partial charge is 0.488 e. The van der Waals surface area contributed by atoms with Crippen LogP contribution >= 0.6 is 11.6 Å². The molecule has 2 aliphatic rings. The second-order valence-corrected chi connectivity index (χ2v) is 8.49. The Morgan fingerprint density at radius 1 is 1.09 bits per heavy atom. The fraction of sp³-hybridized carbons (Fsp3) is 0.222. The first-order chi connectivity index (χ1) is 16.0. The van der Waals surface area contributed by atoms with E-state index < -0.39 is 0 Å². The van der Waals surface area contributed by atoms with Crippen molar-refractivity contribution in [3.63, 3.8) is 0 Å². The van der Waals surface area contributed by atoms with Gasteiger partial charge in [0.2, 0.25) is 5.78 Å². The molecule has 168 valence electrons. The number of allylic oxidation sites excluding steroid dienone is 1. The van der Waals surface area contributed by atoms with E-state index in [9.17, 15) is 4.79 Å². The fourth-order valence-corrected chi connectivity index (χ4v) is 4.31. The Hall–Kier alpha value is -3.28. The van der Waals surface area contributed by atoms with E-state index in [1.165, 1.54) is 5.56 Å². The minimum absolute atomic E-state index is 0.128. The summed E-state index contributed by atoms with van der Waals surface area (Å²) in [6.07, 6.45) is 2.75. The molecule has 0 atom stereocenters. The number of Topliss-reactive ketones (excluding diaryl/α,β-unsaturated/α-hetero) is 1. The molecule has 0 saturated carbocycles. The van der Waals surface area contributed by atoms with Gasteiger partial charge < -0.3 is 18.9 Å². The molecule has 0 fully saturated rings. The molecule has 0 radical (unpaired) electrons. The van der Waals surface area contributed by atoms with Gasteiger partial charge in [0.05, 0.1) is 12.2 Å². The lowest BCUT2D eigenvalue weighted by Crippen LogP contribution is -2.14. The van der Waals surface area contributed by atoms with Crippen molar-refractivity contribution in [2.75, 3.05) is 6.79 Å². The number of benzene rings is 3. The van der Waals surface area contributed by atoms with E-state index in [-0.39, 0.29) is 19.2 Å². The van der Waals surface area contributed by atoms with Crippen LogP contribution < -0.4 is 14.2 Å². The summed E-state index contributed by atoms with van der Waals surface area (Å²) < 4.78 is 23.1. The Morgan fingerprint density at radius 3 is 2.70 bits per heavy atom. The number of fused-ring (bicyclic) bond motifs is 2. The Balaban J connectivity index is 1.37. The topological polar surface area (TPSA) is 54.0 Å². The van der Waals surface area contributed by atoms with Crippen LogP contribution in [0, 0.1) is 6.92 Å². The normalized spacial score (nSPS) is 15.6. The van der Waals surface area contributed by atoms with Gasteiger partial charge in [-0.15, -0.1) is 0 Å². The van der Waals surface area contributed by atoms with E-state index in [4.69, 9.17) is 30.5 Å². The van der Waals surface area contributed by atoms with Crippen LogP contribution in [0.25, 0.3) is 6.08 Å². The molecule has 0 aliphatic carbocycles. The molecule has 0 unspecified atom stereocenters. The van der Waals surface area contributed by atoms with Crippen LogP contribution in [0.1, 0.15) is 45.1 Å². The molecule has 0 saturated heterocycles. The molecule has 0 amide bonds. The highest BCUT2D eigenvalue weighted by molar-refractivity contribution is 6.30. The molecule has 5 rings (SSSR count). The molecule has 5 nitrogen and oxygen atoms in total. The van der Waals surface area contributed by atoms with Crippen molar-refractivity contribution in [3.8, 4) is 17.2 Å². The summed E-state index contributed by atoms with van der Waals surface area (Å²) >= 11 is 6.26. The van der Waals surface area contributed by atoms with Gasteiger partial charge in [-0.3, -0.25) is 4.79 Å².